The molecular weight excluding hydrogens is 1430 g/mol. The second-order valence-corrected chi connectivity index (χ2v) is 31.0. The first-order chi connectivity index (χ1) is 48.1. The third-order valence-electron chi connectivity index (χ3n) is 19.1. The summed E-state index contributed by atoms with van der Waals surface area (Å²) in [5, 5.41) is 36.5. The quantitative estimate of drug-likeness (QED) is 0.109. The third-order valence-corrected chi connectivity index (χ3v) is 22.8. The van der Waals surface area contributed by atoms with Gasteiger partial charge in [0.25, 0.3) is 17.7 Å². The number of carbonyl (C=O) groups is 3. The van der Waals surface area contributed by atoms with Crippen molar-refractivity contribution in [2.75, 3.05) is 26.2 Å². The maximum atomic E-state index is 13.6. The standard InChI is InChI=1S/C26H28Cl2N4OS.C25H26Cl2N4OS.C24H24Cl2N4OS/c1-16-5-3-6-17(2)31(16)30-26(33)24-21-8-4-7-19(13-18-11-12-34-15-18)25(21)32(29-24)23-10-9-20(27)14-22(23)28;26-19-8-9-22(21(27)15-19)31-24-18(14-17-10-13-33-16-17)6-5-7-20(24)23(28-31)25(32)29-30-11-3-1-2-4-12-30;25-18-7-8-21(20(26)14-18)30-23-17(13-16-9-12-32-15-16)5-4-6-19(23)22(27-30)24(31)28-29-10-2-1-3-11-29/h9-17H,3-8H2,1-2H3,(H,30,33);8-10,13-16H,1-7,11-12H2,(H,29,32);7-9,12-15H,1-6,10-11H2,(H,28,31)/b19-13+;18-14+;17-13+. The average Bonchev–Trinajstić information content (AvgIpc) is 1.63. The molecule has 0 radical (unpaired) electrons. The highest BCUT2D eigenvalue weighted by Crippen LogP contribution is 2.42. The second kappa shape index (κ2) is 32.7. The molecule has 3 amide bonds. The van der Waals surface area contributed by atoms with Crippen LogP contribution in [-0.2, 0) is 19.3 Å². The Kier molecular flexibility index (Phi) is 23.5. The Hall–Kier alpha value is -6.36. The molecule has 2 atom stereocenters. The molecule has 9 aromatic rings. The van der Waals surface area contributed by atoms with Crippen LogP contribution in [0.4, 0.5) is 0 Å². The lowest BCUT2D eigenvalue weighted by Gasteiger charge is -2.38. The van der Waals surface area contributed by atoms with Crippen LogP contribution < -0.4 is 16.3 Å². The lowest BCUT2D eigenvalue weighted by Crippen LogP contribution is -2.54. The maximum Gasteiger partial charge on any atom is 0.286 e. The highest BCUT2D eigenvalue weighted by molar-refractivity contribution is 7.08. The Balaban J connectivity index is 0.000000133. The fourth-order valence-corrected chi connectivity index (χ4v) is 17.6. The van der Waals surface area contributed by atoms with Gasteiger partial charge in [0.05, 0.1) is 49.2 Å². The van der Waals surface area contributed by atoms with Crippen molar-refractivity contribution in [2.45, 2.75) is 148 Å². The molecule has 15 nitrogen and oxygen atoms in total. The van der Waals surface area contributed by atoms with E-state index >= 15 is 0 Å². The molecule has 6 aromatic heterocycles. The summed E-state index contributed by atoms with van der Waals surface area (Å²) in [6.45, 7) is 7.84. The minimum Gasteiger partial charge on any atom is -0.283 e. The number of thiophene rings is 3. The molecule has 9 heterocycles. The van der Waals surface area contributed by atoms with Crippen molar-refractivity contribution >= 4 is 156 Å². The van der Waals surface area contributed by atoms with Crippen molar-refractivity contribution in [3.63, 3.8) is 0 Å². The molecule has 3 N–H and O–H groups in total. The van der Waals surface area contributed by atoms with Gasteiger partial charge in [-0.25, -0.2) is 29.1 Å². The SMILES string of the molecule is CC1CCCC(C)N1NC(=O)c1nn(-c2ccc(Cl)cc2Cl)c2c1CCC/C2=C\c1ccsc1.O=C(NN1CCCCC1)c1nn(-c2ccc(Cl)cc2Cl)c2c1CCC/C2=C\c1ccsc1.O=C(NN1CCCCCC1)c1nn(-c2ccc(Cl)cc2Cl)c2c1CCC/C2=C\c1ccsc1. The molecule has 2 unspecified atom stereocenters. The van der Waals surface area contributed by atoms with E-state index in [1.807, 2.05) is 42.3 Å². The number of hydrogen-bond donors (Lipinski definition) is 3. The Morgan fingerprint density at radius 3 is 1.05 bits per heavy atom. The van der Waals surface area contributed by atoms with E-state index in [1.165, 1.54) is 36.8 Å². The molecule has 3 saturated heterocycles. The van der Waals surface area contributed by atoms with Crippen LogP contribution in [0.2, 0.25) is 30.1 Å². The van der Waals surface area contributed by atoms with E-state index in [1.54, 1.807) is 70.4 Å². The molecule has 6 aliphatic rings. The lowest BCUT2D eigenvalue weighted by atomic mass is 9.90. The first-order valence-corrected chi connectivity index (χ1v) is 39.3. The Morgan fingerprint density at radius 2 is 0.737 bits per heavy atom. The largest absolute Gasteiger partial charge is 0.286 e. The summed E-state index contributed by atoms with van der Waals surface area (Å²) in [4.78, 5) is 40.3. The van der Waals surface area contributed by atoms with Gasteiger partial charge < -0.3 is 0 Å². The van der Waals surface area contributed by atoms with Gasteiger partial charge in [-0.1, -0.05) is 95.3 Å². The molecule has 99 heavy (non-hydrogen) atoms. The van der Waals surface area contributed by atoms with Crippen LogP contribution in [0.15, 0.2) is 105 Å². The summed E-state index contributed by atoms with van der Waals surface area (Å²) in [7, 11) is 0. The van der Waals surface area contributed by atoms with Crippen LogP contribution in [0.25, 0.3) is 52.0 Å². The maximum absolute atomic E-state index is 13.6. The number of benzene rings is 3. The van der Waals surface area contributed by atoms with Gasteiger partial charge in [-0.15, -0.1) is 0 Å². The molecule has 3 aliphatic heterocycles. The Morgan fingerprint density at radius 1 is 0.414 bits per heavy atom. The fourth-order valence-electron chi connectivity index (χ4n) is 14.3. The van der Waals surface area contributed by atoms with E-state index in [0.29, 0.717) is 59.3 Å². The van der Waals surface area contributed by atoms with Gasteiger partial charge >= 0.3 is 0 Å². The van der Waals surface area contributed by atoms with Crippen LogP contribution in [0.3, 0.4) is 0 Å². The van der Waals surface area contributed by atoms with Gasteiger partial charge in [0.15, 0.2) is 17.1 Å². The summed E-state index contributed by atoms with van der Waals surface area (Å²) < 4.78 is 5.50. The van der Waals surface area contributed by atoms with E-state index in [2.05, 4.69) is 104 Å². The molecule has 3 aromatic carbocycles. The van der Waals surface area contributed by atoms with E-state index in [4.69, 9.17) is 84.9 Å². The highest BCUT2D eigenvalue weighted by Gasteiger charge is 2.35. The molecule has 24 heteroatoms. The first-order valence-electron chi connectivity index (χ1n) is 34.2. The van der Waals surface area contributed by atoms with Crippen molar-refractivity contribution in [2.24, 2.45) is 0 Å². The van der Waals surface area contributed by atoms with Crippen molar-refractivity contribution in [3.8, 4) is 17.1 Å². The van der Waals surface area contributed by atoms with Gasteiger partial charge in [-0.2, -0.15) is 49.3 Å². The van der Waals surface area contributed by atoms with Crippen molar-refractivity contribution in [3.05, 3.63) is 203 Å². The zero-order valence-corrected chi connectivity index (χ0v) is 62.3. The van der Waals surface area contributed by atoms with Crippen LogP contribution in [0.5, 0.6) is 0 Å². The number of piperidine rings is 2. The Bertz CT molecular complexity index is 4460. The van der Waals surface area contributed by atoms with Gasteiger partial charge in [0, 0.05) is 70.0 Å². The zero-order chi connectivity index (χ0) is 68.7. The monoisotopic (exact) mass is 1500 g/mol. The summed E-state index contributed by atoms with van der Waals surface area (Å²) >= 11 is 43.2. The van der Waals surface area contributed by atoms with Crippen LogP contribution in [0.1, 0.15) is 199 Å². The number of amides is 3. The van der Waals surface area contributed by atoms with E-state index in [0.717, 1.165) is 196 Å². The first kappa shape index (κ1) is 71.1. The van der Waals surface area contributed by atoms with Gasteiger partial charge in [-0.3, -0.25) is 30.7 Å². The van der Waals surface area contributed by atoms with E-state index < -0.39 is 0 Å². The number of halogens is 6. The number of rotatable bonds is 12. The second-order valence-electron chi connectivity index (χ2n) is 26.1. The van der Waals surface area contributed by atoms with Crippen LogP contribution >= 0.6 is 104 Å². The minimum absolute atomic E-state index is 0.145. The zero-order valence-electron chi connectivity index (χ0n) is 55.3. The number of hydrogen-bond acceptors (Lipinski definition) is 12. The number of hydrazine groups is 3. The van der Waals surface area contributed by atoms with Gasteiger partial charge in [0.2, 0.25) is 0 Å². The molecule has 0 saturated carbocycles. The van der Waals surface area contributed by atoms with E-state index in [9.17, 15) is 14.4 Å². The van der Waals surface area contributed by atoms with E-state index in [-0.39, 0.29) is 17.7 Å². The molecule has 3 aliphatic carbocycles. The number of fused-ring (bicyclic) bond motifs is 3. The van der Waals surface area contributed by atoms with Gasteiger partial charge in [-0.05, 0) is 267 Å². The van der Waals surface area contributed by atoms with Crippen molar-refractivity contribution < 1.29 is 14.4 Å². The molecule has 3 fully saturated rings. The predicted molar refractivity (Wildman–Crippen MR) is 409 cm³/mol. The summed E-state index contributed by atoms with van der Waals surface area (Å²) in [5.74, 6) is -0.449. The fraction of sp³-hybridized carbons (Fsp3) is 0.360. The summed E-state index contributed by atoms with van der Waals surface area (Å²) in [5.41, 5.74) is 25.8. The molecule has 15 rings (SSSR count). The summed E-state index contributed by atoms with van der Waals surface area (Å²) in [6, 6.07) is 23.1. The Labute approximate surface area is 620 Å². The van der Waals surface area contributed by atoms with Crippen molar-refractivity contribution in [1.29, 1.82) is 0 Å². The minimum atomic E-state index is -0.155. The number of aromatic nitrogens is 6. The number of carbonyl (C=O) groups excluding carboxylic acids is 3. The van der Waals surface area contributed by atoms with Gasteiger partial charge in [0.1, 0.15) is 0 Å². The number of allylic oxidation sites excluding steroid dienone is 3. The average molecular weight is 1500 g/mol. The van der Waals surface area contributed by atoms with Crippen molar-refractivity contribution in [1.82, 2.24) is 60.6 Å². The van der Waals surface area contributed by atoms with Crippen LogP contribution in [-0.4, -0.2) is 100 Å². The van der Waals surface area contributed by atoms with Crippen LogP contribution in [0, 0.1) is 0 Å². The highest BCUT2D eigenvalue weighted by atomic mass is 35.5. The molecule has 0 bridgehead atoms. The summed E-state index contributed by atoms with van der Waals surface area (Å²) in [6.07, 6.45) is 26.1. The normalized spacial score (nSPS) is 19.5. The number of nitrogens with one attached hydrogen (secondary N) is 3. The predicted octanol–water partition coefficient (Wildman–Crippen LogP) is 19.9. The molecule has 516 valence electrons. The smallest absolute Gasteiger partial charge is 0.283 e. The number of nitrogens with zero attached hydrogens (tertiary/aromatic N) is 9. The lowest BCUT2D eigenvalue weighted by molar-refractivity contribution is 0.0365. The third kappa shape index (κ3) is 16.6. The molecular formula is C75H78Cl6N12O3S3. The molecule has 0 spiro atoms. The topological polar surface area (TPSA) is 150 Å².